The lowest BCUT2D eigenvalue weighted by Crippen LogP contribution is -2.51. The molecule has 2 unspecified atom stereocenters. The third-order valence-corrected chi connectivity index (χ3v) is 4.65. The number of nitrogens with zero attached hydrogens (tertiary/aromatic N) is 1. The molecule has 0 spiro atoms. The molecule has 0 aromatic carbocycles. The van der Waals surface area contributed by atoms with Gasteiger partial charge in [-0.1, -0.05) is 41.5 Å². The lowest BCUT2D eigenvalue weighted by molar-refractivity contribution is 0.113. The third-order valence-electron chi connectivity index (χ3n) is 4.65. The van der Waals surface area contributed by atoms with Crippen molar-refractivity contribution in [2.24, 2.45) is 5.41 Å². The predicted octanol–water partition coefficient (Wildman–Crippen LogP) is 3.27. The van der Waals surface area contributed by atoms with Crippen molar-refractivity contribution in [2.45, 2.75) is 85.4 Å². The van der Waals surface area contributed by atoms with E-state index in [1.165, 1.54) is 0 Å². The van der Waals surface area contributed by atoms with Gasteiger partial charge in [-0.3, -0.25) is 0 Å². The summed E-state index contributed by atoms with van der Waals surface area (Å²) in [4.78, 5) is 2.44. The van der Waals surface area contributed by atoms with Gasteiger partial charge in [0.05, 0.1) is 6.61 Å². The summed E-state index contributed by atoms with van der Waals surface area (Å²) in [5, 5.41) is 13.3. The van der Waals surface area contributed by atoms with Gasteiger partial charge in [-0.05, 0) is 45.2 Å². The largest absolute Gasteiger partial charge is 0.394 e. The quantitative estimate of drug-likeness (QED) is 0.683. The van der Waals surface area contributed by atoms with Crippen LogP contribution in [-0.4, -0.2) is 47.8 Å². The number of aliphatic hydroxyl groups excluding tert-OH is 1. The highest BCUT2D eigenvalue weighted by Crippen LogP contribution is 2.24. The maximum atomic E-state index is 9.75. The molecule has 0 saturated heterocycles. The fourth-order valence-corrected chi connectivity index (χ4v) is 2.72. The van der Waals surface area contributed by atoms with Crippen molar-refractivity contribution in [3.8, 4) is 0 Å². The van der Waals surface area contributed by atoms with Gasteiger partial charge >= 0.3 is 0 Å². The topological polar surface area (TPSA) is 35.5 Å². The van der Waals surface area contributed by atoms with Crippen LogP contribution in [-0.2, 0) is 0 Å². The first-order valence-corrected chi connectivity index (χ1v) is 8.17. The molecule has 0 aliphatic carbocycles. The van der Waals surface area contributed by atoms with Crippen LogP contribution in [0.3, 0.4) is 0 Å². The average molecular weight is 287 g/mol. The van der Waals surface area contributed by atoms with Crippen LogP contribution in [0.4, 0.5) is 0 Å². The average Bonchev–Trinajstić information content (AvgIpc) is 2.34. The minimum Gasteiger partial charge on any atom is -0.394 e. The Morgan fingerprint density at radius 3 is 2.05 bits per heavy atom. The molecule has 0 bridgehead atoms. The van der Waals surface area contributed by atoms with Crippen molar-refractivity contribution < 1.29 is 5.11 Å². The van der Waals surface area contributed by atoms with Gasteiger partial charge in [0.15, 0.2) is 0 Å². The first kappa shape index (κ1) is 19.9. The van der Waals surface area contributed by atoms with E-state index in [9.17, 15) is 5.11 Å². The smallest absolute Gasteiger partial charge is 0.0613 e. The Bertz CT molecular complexity index is 254. The molecule has 0 saturated carbocycles. The molecule has 3 nitrogen and oxygen atoms in total. The van der Waals surface area contributed by atoms with Crippen LogP contribution < -0.4 is 5.32 Å². The van der Waals surface area contributed by atoms with Gasteiger partial charge in [0.25, 0.3) is 0 Å². The molecule has 0 aromatic heterocycles. The molecule has 0 radical (unpaired) electrons. The zero-order valence-corrected chi connectivity index (χ0v) is 15.1. The van der Waals surface area contributed by atoms with Gasteiger partial charge in [-0.25, -0.2) is 0 Å². The standard InChI is InChI=1S/C17H38N2O/c1-9-17(13-20,18-14(2)3)11-10-12-19(8)15(4)16(5,6)7/h14-15,18,20H,9-13H2,1-8H3. The molecule has 0 aromatic rings. The second-order valence-corrected chi connectivity index (χ2v) is 7.72. The number of aliphatic hydroxyl groups is 1. The molecule has 2 atom stereocenters. The predicted molar refractivity (Wildman–Crippen MR) is 89.2 cm³/mol. The van der Waals surface area contributed by atoms with E-state index >= 15 is 0 Å². The minimum absolute atomic E-state index is 0.111. The zero-order chi connectivity index (χ0) is 16.0. The summed E-state index contributed by atoms with van der Waals surface area (Å²) in [5.41, 5.74) is 0.198. The normalized spacial score (nSPS) is 17.6. The Morgan fingerprint density at radius 1 is 1.15 bits per heavy atom. The van der Waals surface area contributed by atoms with E-state index in [1.54, 1.807) is 0 Å². The van der Waals surface area contributed by atoms with Gasteiger partial charge in [-0.15, -0.1) is 0 Å². The summed E-state index contributed by atoms with van der Waals surface area (Å²) in [5.74, 6) is 0. The number of rotatable bonds is 9. The van der Waals surface area contributed by atoms with E-state index in [-0.39, 0.29) is 12.1 Å². The molecule has 122 valence electrons. The maximum absolute atomic E-state index is 9.75. The van der Waals surface area contributed by atoms with Crippen molar-refractivity contribution in [1.29, 1.82) is 0 Å². The molecule has 0 aliphatic heterocycles. The van der Waals surface area contributed by atoms with Crippen molar-refractivity contribution in [1.82, 2.24) is 10.2 Å². The maximum Gasteiger partial charge on any atom is 0.0613 e. The number of hydrogen-bond donors (Lipinski definition) is 2. The van der Waals surface area contributed by atoms with Gasteiger partial charge < -0.3 is 15.3 Å². The molecule has 0 amide bonds. The Hall–Kier alpha value is -0.120. The van der Waals surface area contributed by atoms with E-state index < -0.39 is 0 Å². The Labute approximate surface area is 127 Å². The second kappa shape index (κ2) is 8.35. The highest BCUT2D eigenvalue weighted by molar-refractivity contribution is 4.88. The van der Waals surface area contributed by atoms with Crippen LogP contribution in [0, 0.1) is 5.41 Å². The third kappa shape index (κ3) is 6.55. The first-order chi connectivity index (χ1) is 9.08. The van der Waals surface area contributed by atoms with E-state index in [1.807, 2.05) is 0 Å². The SMILES string of the molecule is CCC(CO)(CCCN(C)C(C)C(C)(C)C)NC(C)C. The highest BCUT2D eigenvalue weighted by atomic mass is 16.3. The van der Waals surface area contributed by atoms with Crippen LogP contribution >= 0.6 is 0 Å². The Morgan fingerprint density at radius 2 is 1.70 bits per heavy atom. The minimum atomic E-state index is -0.111. The van der Waals surface area contributed by atoms with Gasteiger partial charge in [0, 0.05) is 17.6 Å². The van der Waals surface area contributed by atoms with Gasteiger partial charge in [0.2, 0.25) is 0 Å². The van der Waals surface area contributed by atoms with Gasteiger partial charge in [0.1, 0.15) is 0 Å². The summed E-state index contributed by atoms with van der Waals surface area (Å²) in [6.07, 6.45) is 3.12. The second-order valence-electron chi connectivity index (χ2n) is 7.72. The Kier molecular flexibility index (Phi) is 8.30. The molecule has 0 aliphatic rings. The lowest BCUT2D eigenvalue weighted by Gasteiger charge is -2.37. The fourth-order valence-electron chi connectivity index (χ4n) is 2.72. The lowest BCUT2D eigenvalue weighted by atomic mass is 9.86. The summed E-state index contributed by atoms with van der Waals surface area (Å²) < 4.78 is 0. The van der Waals surface area contributed by atoms with E-state index in [0.717, 1.165) is 25.8 Å². The number of nitrogens with one attached hydrogen (secondary N) is 1. The zero-order valence-electron chi connectivity index (χ0n) is 15.1. The summed E-state index contributed by atoms with van der Waals surface area (Å²) in [7, 11) is 2.21. The molecule has 3 heteroatoms. The van der Waals surface area contributed by atoms with Gasteiger partial charge in [-0.2, -0.15) is 0 Å². The molecule has 0 heterocycles. The molecule has 2 N–H and O–H groups in total. The van der Waals surface area contributed by atoms with Crippen LogP contribution in [0.5, 0.6) is 0 Å². The molecular weight excluding hydrogens is 248 g/mol. The van der Waals surface area contributed by atoms with E-state index in [2.05, 4.69) is 65.7 Å². The molecule has 0 fully saturated rings. The fraction of sp³-hybridized carbons (Fsp3) is 1.00. The van der Waals surface area contributed by atoms with Crippen molar-refractivity contribution >= 4 is 0 Å². The molecular formula is C17H38N2O. The monoisotopic (exact) mass is 286 g/mol. The first-order valence-electron chi connectivity index (χ1n) is 8.17. The highest BCUT2D eigenvalue weighted by Gasteiger charge is 2.28. The van der Waals surface area contributed by atoms with Crippen LogP contribution in [0.1, 0.15) is 67.7 Å². The summed E-state index contributed by atoms with van der Waals surface area (Å²) in [6.45, 7) is 16.9. The molecule has 0 rings (SSSR count). The van der Waals surface area contributed by atoms with Crippen molar-refractivity contribution in [3.05, 3.63) is 0 Å². The summed E-state index contributed by atoms with van der Waals surface area (Å²) >= 11 is 0. The van der Waals surface area contributed by atoms with E-state index in [0.29, 0.717) is 17.5 Å². The van der Waals surface area contributed by atoms with Crippen LogP contribution in [0.15, 0.2) is 0 Å². The van der Waals surface area contributed by atoms with E-state index in [4.69, 9.17) is 0 Å². The van der Waals surface area contributed by atoms with Crippen LogP contribution in [0.25, 0.3) is 0 Å². The van der Waals surface area contributed by atoms with Crippen molar-refractivity contribution in [2.75, 3.05) is 20.2 Å². The van der Waals surface area contributed by atoms with Crippen molar-refractivity contribution in [3.63, 3.8) is 0 Å². The van der Waals surface area contributed by atoms with Crippen LogP contribution in [0.2, 0.25) is 0 Å². The number of hydrogen-bond acceptors (Lipinski definition) is 3. The Balaban J connectivity index is 4.38. The molecule has 20 heavy (non-hydrogen) atoms. The summed E-state index contributed by atoms with van der Waals surface area (Å²) in [6, 6.07) is 0.971.